The summed E-state index contributed by atoms with van der Waals surface area (Å²) in [6.45, 7) is 12.5. The van der Waals surface area contributed by atoms with Gasteiger partial charge in [0.05, 0.1) is 0 Å². The van der Waals surface area contributed by atoms with Crippen LogP contribution in [-0.2, 0) is 4.74 Å². The van der Waals surface area contributed by atoms with Crippen molar-refractivity contribution in [2.75, 3.05) is 19.6 Å². The van der Waals surface area contributed by atoms with E-state index in [9.17, 15) is 4.79 Å². The minimum atomic E-state index is -0.422. The van der Waals surface area contributed by atoms with Crippen LogP contribution in [0.4, 0.5) is 4.79 Å². The molecule has 1 fully saturated rings. The van der Waals surface area contributed by atoms with Gasteiger partial charge < -0.3 is 15.0 Å². The van der Waals surface area contributed by atoms with Gasteiger partial charge in [-0.05, 0) is 58.8 Å². The quantitative estimate of drug-likeness (QED) is 0.710. The van der Waals surface area contributed by atoms with Crippen molar-refractivity contribution in [1.82, 2.24) is 10.2 Å². The lowest BCUT2D eigenvalue weighted by Gasteiger charge is -2.31. The molecule has 0 atom stereocenters. The Morgan fingerprint density at radius 1 is 1.09 bits per heavy atom. The molecule has 0 saturated heterocycles. The molecule has 1 amide bonds. The van der Waals surface area contributed by atoms with Gasteiger partial charge in [0.15, 0.2) is 0 Å². The summed E-state index contributed by atoms with van der Waals surface area (Å²) in [5.41, 5.74) is -0.422. The first-order chi connectivity index (χ1) is 10.9. The number of ether oxygens (including phenoxy) is 1. The highest BCUT2D eigenvalue weighted by Gasteiger charge is 2.23. The predicted octanol–water partition coefficient (Wildman–Crippen LogP) is 4.58. The molecule has 0 spiro atoms. The van der Waals surface area contributed by atoms with Crippen LogP contribution in [0.5, 0.6) is 0 Å². The van der Waals surface area contributed by atoms with Gasteiger partial charge in [0.1, 0.15) is 5.60 Å². The van der Waals surface area contributed by atoms with Crippen molar-refractivity contribution in [1.29, 1.82) is 0 Å². The topological polar surface area (TPSA) is 41.6 Å². The van der Waals surface area contributed by atoms with Crippen LogP contribution in [0.25, 0.3) is 0 Å². The molecule has 136 valence electrons. The maximum atomic E-state index is 12.2. The summed E-state index contributed by atoms with van der Waals surface area (Å²) in [7, 11) is 0. The normalized spacial score (nSPS) is 22.0. The molecule has 23 heavy (non-hydrogen) atoms. The molecule has 4 nitrogen and oxygen atoms in total. The van der Waals surface area contributed by atoms with Crippen LogP contribution in [0, 0.1) is 5.92 Å². The van der Waals surface area contributed by atoms with E-state index < -0.39 is 5.60 Å². The number of hydrogen-bond acceptors (Lipinski definition) is 3. The molecular weight excluding hydrogens is 288 g/mol. The van der Waals surface area contributed by atoms with Crippen molar-refractivity contribution >= 4 is 6.09 Å². The van der Waals surface area contributed by atoms with Crippen LogP contribution in [0.2, 0.25) is 0 Å². The smallest absolute Gasteiger partial charge is 0.410 e. The third-order valence-electron chi connectivity index (χ3n) is 4.50. The summed E-state index contributed by atoms with van der Waals surface area (Å²) < 4.78 is 5.50. The second-order valence-corrected chi connectivity index (χ2v) is 7.93. The fourth-order valence-corrected chi connectivity index (χ4v) is 3.36. The Labute approximate surface area is 143 Å². The zero-order valence-electron chi connectivity index (χ0n) is 16.0. The molecule has 1 saturated carbocycles. The first-order valence-corrected chi connectivity index (χ1v) is 9.57. The molecule has 0 aromatic rings. The van der Waals surface area contributed by atoms with E-state index in [-0.39, 0.29) is 6.09 Å². The first kappa shape index (κ1) is 20.3. The molecule has 1 aliphatic rings. The van der Waals surface area contributed by atoms with Crippen molar-refractivity contribution in [2.24, 2.45) is 5.92 Å². The Hall–Kier alpha value is -0.770. The molecule has 1 aliphatic carbocycles. The Bertz CT molecular complexity index is 331. The van der Waals surface area contributed by atoms with Crippen LogP contribution >= 0.6 is 0 Å². The number of carbonyl (C=O) groups excluding carboxylic acids is 1. The van der Waals surface area contributed by atoms with Crippen molar-refractivity contribution in [3.8, 4) is 0 Å². The number of amides is 1. The molecule has 0 bridgehead atoms. The van der Waals surface area contributed by atoms with E-state index in [1.54, 1.807) is 0 Å². The van der Waals surface area contributed by atoms with Gasteiger partial charge in [-0.1, -0.05) is 26.7 Å². The Balaban J connectivity index is 2.29. The molecule has 0 aromatic heterocycles. The lowest BCUT2D eigenvalue weighted by molar-refractivity contribution is 0.0250. The summed E-state index contributed by atoms with van der Waals surface area (Å²) in [4.78, 5) is 14.1. The van der Waals surface area contributed by atoms with Gasteiger partial charge >= 0.3 is 6.09 Å². The van der Waals surface area contributed by atoms with Crippen LogP contribution in [0.3, 0.4) is 0 Å². The number of hydrogen-bond donors (Lipinski definition) is 1. The highest BCUT2D eigenvalue weighted by molar-refractivity contribution is 5.68. The molecule has 0 aliphatic heterocycles. The zero-order valence-corrected chi connectivity index (χ0v) is 16.0. The van der Waals surface area contributed by atoms with Gasteiger partial charge in [0.25, 0.3) is 0 Å². The van der Waals surface area contributed by atoms with Crippen LogP contribution in [-0.4, -0.2) is 42.3 Å². The molecular formula is C19H38N2O2. The second-order valence-electron chi connectivity index (χ2n) is 7.93. The third kappa shape index (κ3) is 8.59. The van der Waals surface area contributed by atoms with Crippen molar-refractivity contribution in [3.63, 3.8) is 0 Å². The van der Waals surface area contributed by atoms with Gasteiger partial charge in [0, 0.05) is 25.7 Å². The number of nitrogens with zero attached hydrogens (tertiary/aromatic N) is 1. The highest BCUT2D eigenvalue weighted by atomic mass is 16.6. The third-order valence-corrected chi connectivity index (χ3v) is 4.50. The number of carbonyl (C=O) groups is 1. The average Bonchev–Trinajstić information content (AvgIpc) is 2.46. The van der Waals surface area contributed by atoms with E-state index in [1.807, 2.05) is 25.7 Å². The molecule has 0 unspecified atom stereocenters. The predicted molar refractivity (Wildman–Crippen MR) is 96.8 cm³/mol. The van der Waals surface area contributed by atoms with Gasteiger partial charge in [-0.25, -0.2) is 4.79 Å². The highest BCUT2D eigenvalue weighted by Crippen LogP contribution is 2.27. The number of rotatable bonds is 8. The largest absolute Gasteiger partial charge is 0.444 e. The standard InChI is InChI=1S/C19H38N2O2/c1-6-8-16-9-11-17(12-10-16)20-13-15-21(14-7-2)18(22)23-19(3,4)5/h16-17,20H,6-15H2,1-5H3. The van der Waals surface area contributed by atoms with Crippen LogP contribution in [0.1, 0.15) is 79.6 Å². The van der Waals surface area contributed by atoms with E-state index in [0.29, 0.717) is 6.04 Å². The van der Waals surface area contributed by atoms with Crippen molar-refractivity contribution in [2.45, 2.75) is 91.2 Å². The fourth-order valence-electron chi connectivity index (χ4n) is 3.36. The van der Waals surface area contributed by atoms with Gasteiger partial charge in [0.2, 0.25) is 0 Å². The fraction of sp³-hybridized carbons (Fsp3) is 0.947. The Morgan fingerprint density at radius 2 is 1.74 bits per heavy atom. The lowest BCUT2D eigenvalue weighted by atomic mass is 9.83. The van der Waals surface area contributed by atoms with Gasteiger partial charge in [-0.2, -0.15) is 0 Å². The Morgan fingerprint density at radius 3 is 2.26 bits per heavy atom. The second kappa shape index (κ2) is 10.2. The molecule has 1 rings (SSSR count). The zero-order chi connectivity index (χ0) is 17.3. The summed E-state index contributed by atoms with van der Waals surface area (Å²) in [5.74, 6) is 0.941. The number of nitrogens with one attached hydrogen (secondary N) is 1. The molecule has 4 heteroatoms. The van der Waals surface area contributed by atoms with Crippen LogP contribution in [0.15, 0.2) is 0 Å². The summed E-state index contributed by atoms with van der Waals surface area (Å²) >= 11 is 0. The van der Waals surface area contributed by atoms with E-state index >= 15 is 0 Å². The van der Waals surface area contributed by atoms with Gasteiger partial charge in [-0.3, -0.25) is 0 Å². The van der Waals surface area contributed by atoms with E-state index in [1.165, 1.54) is 38.5 Å². The van der Waals surface area contributed by atoms with E-state index in [0.717, 1.165) is 32.0 Å². The maximum Gasteiger partial charge on any atom is 0.410 e. The Kier molecular flexibility index (Phi) is 8.96. The van der Waals surface area contributed by atoms with E-state index in [2.05, 4.69) is 19.2 Å². The summed E-state index contributed by atoms with van der Waals surface area (Å²) in [6.07, 6.45) is 8.75. The summed E-state index contributed by atoms with van der Waals surface area (Å²) in [5, 5.41) is 3.64. The molecule has 0 heterocycles. The monoisotopic (exact) mass is 326 g/mol. The van der Waals surface area contributed by atoms with E-state index in [4.69, 9.17) is 4.74 Å². The van der Waals surface area contributed by atoms with Crippen LogP contribution < -0.4 is 5.32 Å². The maximum absolute atomic E-state index is 12.2. The van der Waals surface area contributed by atoms with Crippen molar-refractivity contribution in [3.05, 3.63) is 0 Å². The van der Waals surface area contributed by atoms with Gasteiger partial charge in [-0.15, -0.1) is 0 Å². The average molecular weight is 327 g/mol. The minimum absolute atomic E-state index is 0.187. The SMILES string of the molecule is CCCC1CCC(NCCN(CCC)C(=O)OC(C)(C)C)CC1. The minimum Gasteiger partial charge on any atom is -0.444 e. The molecule has 0 radical (unpaired) electrons. The summed E-state index contributed by atoms with van der Waals surface area (Å²) in [6, 6.07) is 0.630. The molecule has 0 aromatic carbocycles. The molecule has 1 N–H and O–H groups in total. The first-order valence-electron chi connectivity index (χ1n) is 9.57. The van der Waals surface area contributed by atoms with Crippen molar-refractivity contribution < 1.29 is 9.53 Å². The lowest BCUT2D eigenvalue weighted by Crippen LogP contribution is -2.43.